The summed E-state index contributed by atoms with van der Waals surface area (Å²) in [5, 5.41) is 24.2. The van der Waals surface area contributed by atoms with Gasteiger partial charge in [0, 0.05) is 35.1 Å². The van der Waals surface area contributed by atoms with Gasteiger partial charge in [0.1, 0.15) is 11.8 Å². The Balaban J connectivity index is 1.89. The summed E-state index contributed by atoms with van der Waals surface area (Å²) in [4.78, 5) is 12.5. The van der Waals surface area contributed by atoms with Crippen LogP contribution in [0.3, 0.4) is 0 Å². The summed E-state index contributed by atoms with van der Waals surface area (Å²) in [6, 6.07) is 8.55. The first kappa shape index (κ1) is 17.0. The fourth-order valence-corrected chi connectivity index (χ4v) is 2.60. The Morgan fingerprint density at radius 1 is 1.42 bits per heavy atom. The molecule has 1 amide bonds. The van der Waals surface area contributed by atoms with E-state index in [9.17, 15) is 4.79 Å². The number of nitriles is 1. The topological polar surface area (TPSA) is 134 Å². The number of anilines is 2. The third-order valence-corrected chi connectivity index (χ3v) is 4.00. The minimum atomic E-state index is -0.440. The van der Waals surface area contributed by atoms with Crippen LogP contribution in [0.4, 0.5) is 11.4 Å². The summed E-state index contributed by atoms with van der Waals surface area (Å²) in [7, 11) is 1.61. The Labute approximate surface area is 149 Å². The Morgan fingerprint density at radius 3 is 2.81 bits per heavy atom. The number of carbonyl (C=O) groups is 1. The first-order valence-corrected chi connectivity index (χ1v) is 7.68. The van der Waals surface area contributed by atoms with Gasteiger partial charge in [0.05, 0.1) is 18.2 Å². The van der Waals surface area contributed by atoms with Gasteiger partial charge in [0.2, 0.25) is 0 Å². The molecule has 8 nitrogen and oxygen atoms in total. The lowest BCUT2D eigenvalue weighted by Crippen LogP contribution is -2.15. The van der Waals surface area contributed by atoms with Crippen molar-refractivity contribution in [2.45, 2.75) is 6.92 Å². The average Bonchev–Trinajstić information content (AvgIpc) is 3.24. The smallest absolute Gasteiger partial charge is 0.276 e. The zero-order valence-electron chi connectivity index (χ0n) is 14.2. The van der Waals surface area contributed by atoms with Gasteiger partial charge in [-0.1, -0.05) is 0 Å². The Hall–Kier alpha value is -3.86. The molecule has 3 aromatic rings. The van der Waals surface area contributed by atoms with Gasteiger partial charge in [-0.25, -0.2) is 0 Å². The third-order valence-electron chi connectivity index (χ3n) is 4.00. The molecule has 0 bridgehead atoms. The van der Waals surface area contributed by atoms with E-state index < -0.39 is 5.91 Å². The second kappa shape index (κ2) is 6.57. The van der Waals surface area contributed by atoms with Gasteiger partial charge in [-0.2, -0.15) is 10.4 Å². The van der Waals surface area contributed by atoms with Crippen LogP contribution in [0.1, 0.15) is 32.9 Å². The maximum Gasteiger partial charge on any atom is 0.276 e. The summed E-state index contributed by atoms with van der Waals surface area (Å²) in [5.41, 5.74) is 9.10. The number of nitrogen functional groups attached to an aromatic ring is 1. The number of aryl methyl sites for hydroxylation is 1. The fraction of sp³-hybridized carbons (Fsp3) is 0.111. The molecule has 0 radical (unpaired) electrons. The predicted octanol–water partition coefficient (Wildman–Crippen LogP) is 2.44. The number of carbonyl (C=O) groups excluding carboxylic acids is 1. The highest BCUT2D eigenvalue weighted by Crippen LogP contribution is 2.22. The lowest BCUT2D eigenvalue weighted by molar-refractivity contribution is 0.102. The van der Waals surface area contributed by atoms with Crippen LogP contribution >= 0.6 is 0 Å². The molecule has 0 saturated heterocycles. The SMILES string of the molecule is Cc1c(C(=O)Nc2ccc(N)c(C(=N)c3ccoc3)c2)nn(C)c1C#N. The van der Waals surface area contributed by atoms with Gasteiger partial charge < -0.3 is 15.5 Å². The van der Waals surface area contributed by atoms with Crippen LogP contribution < -0.4 is 11.1 Å². The van der Waals surface area contributed by atoms with Crippen molar-refractivity contribution in [2.24, 2.45) is 7.05 Å². The van der Waals surface area contributed by atoms with Crippen molar-refractivity contribution in [3.05, 3.63) is 64.9 Å². The van der Waals surface area contributed by atoms with E-state index in [1.807, 2.05) is 6.07 Å². The van der Waals surface area contributed by atoms with E-state index >= 15 is 0 Å². The summed E-state index contributed by atoms with van der Waals surface area (Å²) >= 11 is 0. The standard InChI is InChI=1S/C18H16N6O2/c1-10-15(8-19)24(2)23-17(10)18(25)22-12-3-4-14(20)13(7-12)16(21)11-5-6-26-9-11/h3-7,9,21H,20H2,1-2H3,(H,22,25). The van der Waals surface area contributed by atoms with Gasteiger partial charge in [-0.05, 0) is 31.2 Å². The number of amides is 1. The van der Waals surface area contributed by atoms with Gasteiger partial charge >= 0.3 is 0 Å². The molecule has 0 spiro atoms. The molecule has 4 N–H and O–H groups in total. The first-order chi connectivity index (χ1) is 12.4. The second-order valence-electron chi connectivity index (χ2n) is 5.70. The summed E-state index contributed by atoms with van der Waals surface area (Å²) in [5.74, 6) is -0.440. The molecule has 0 atom stereocenters. The van der Waals surface area contributed by atoms with Gasteiger partial charge in [-0.15, -0.1) is 0 Å². The van der Waals surface area contributed by atoms with E-state index in [1.165, 1.54) is 17.2 Å². The lowest BCUT2D eigenvalue weighted by atomic mass is 10.0. The summed E-state index contributed by atoms with van der Waals surface area (Å²) in [6.45, 7) is 1.67. The van der Waals surface area contributed by atoms with Crippen LogP contribution in [0.5, 0.6) is 0 Å². The molecule has 0 unspecified atom stereocenters. The predicted molar refractivity (Wildman–Crippen MR) is 96.1 cm³/mol. The molecule has 26 heavy (non-hydrogen) atoms. The van der Waals surface area contributed by atoms with E-state index in [2.05, 4.69) is 10.4 Å². The van der Waals surface area contributed by atoms with Crippen LogP contribution in [0, 0.1) is 23.7 Å². The van der Waals surface area contributed by atoms with E-state index in [0.717, 1.165) is 0 Å². The molecule has 8 heteroatoms. The zero-order valence-corrected chi connectivity index (χ0v) is 14.2. The molecule has 0 fully saturated rings. The Kier molecular flexibility index (Phi) is 4.29. The Bertz CT molecular complexity index is 1040. The molecular weight excluding hydrogens is 332 g/mol. The molecule has 0 saturated carbocycles. The van der Waals surface area contributed by atoms with Crippen molar-refractivity contribution in [3.8, 4) is 6.07 Å². The van der Waals surface area contributed by atoms with Crippen LogP contribution in [-0.2, 0) is 7.05 Å². The molecule has 0 aliphatic carbocycles. The van der Waals surface area contributed by atoms with Crippen LogP contribution in [0.15, 0.2) is 41.2 Å². The number of aromatic nitrogens is 2. The summed E-state index contributed by atoms with van der Waals surface area (Å²) < 4.78 is 6.37. The number of benzene rings is 1. The van der Waals surface area contributed by atoms with E-state index in [4.69, 9.17) is 20.8 Å². The highest BCUT2D eigenvalue weighted by molar-refractivity contribution is 6.14. The molecular formula is C18H16N6O2. The van der Waals surface area contributed by atoms with Crippen molar-refractivity contribution in [2.75, 3.05) is 11.1 Å². The lowest BCUT2D eigenvalue weighted by Gasteiger charge is -2.10. The van der Waals surface area contributed by atoms with Crippen molar-refractivity contribution in [1.29, 1.82) is 10.7 Å². The van der Waals surface area contributed by atoms with Crippen molar-refractivity contribution in [1.82, 2.24) is 9.78 Å². The molecule has 2 heterocycles. The van der Waals surface area contributed by atoms with Gasteiger partial charge in [0.15, 0.2) is 5.69 Å². The van der Waals surface area contributed by atoms with Crippen molar-refractivity contribution < 1.29 is 9.21 Å². The van der Waals surface area contributed by atoms with E-state index in [1.54, 1.807) is 38.2 Å². The number of hydrogen-bond donors (Lipinski definition) is 3. The molecule has 2 aromatic heterocycles. The summed E-state index contributed by atoms with van der Waals surface area (Å²) in [6.07, 6.45) is 2.93. The molecule has 3 rings (SSSR count). The maximum absolute atomic E-state index is 12.5. The minimum Gasteiger partial charge on any atom is -0.472 e. The van der Waals surface area contributed by atoms with Crippen LogP contribution in [0.2, 0.25) is 0 Å². The van der Waals surface area contributed by atoms with E-state index in [0.29, 0.717) is 33.8 Å². The number of furan rings is 1. The number of nitrogens with two attached hydrogens (primary N) is 1. The minimum absolute atomic E-state index is 0.173. The Morgan fingerprint density at radius 2 is 2.19 bits per heavy atom. The van der Waals surface area contributed by atoms with Crippen LogP contribution in [0.25, 0.3) is 0 Å². The fourth-order valence-electron chi connectivity index (χ4n) is 2.60. The monoisotopic (exact) mass is 348 g/mol. The molecule has 0 aliphatic rings. The largest absolute Gasteiger partial charge is 0.472 e. The van der Waals surface area contributed by atoms with E-state index in [-0.39, 0.29) is 11.4 Å². The van der Waals surface area contributed by atoms with Gasteiger partial charge in [0.25, 0.3) is 5.91 Å². The number of hydrogen-bond acceptors (Lipinski definition) is 6. The molecule has 0 aliphatic heterocycles. The highest BCUT2D eigenvalue weighted by atomic mass is 16.3. The number of nitrogens with zero attached hydrogens (tertiary/aromatic N) is 3. The zero-order chi connectivity index (χ0) is 18.8. The molecule has 1 aromatic carbocycles. The second-order valence-corrected chi connectivity index (χ2v) is 5.70. The molecule has 130 valence electrons. The highest BCUT2D eigenvalue weighted by Gasteiger charge is 2.19. The normalized spacial score (nSPS) is 10.3. The van der Waals surface area contributed by atoms with Crippen LogP contribution in [-0.4, -0.2) is 21.4 Å². The quantitative estimate of drug-likeness (QED) is 0.492. The first-order valence-electron chi connectivity index (χ1n) is 7.68. The maximum atomic E-state index is 12.5. The third kappa shape index (κ3) is 2.93. The van der Waals surface area contributed by atoms with Crippen molar-refractivity contribution >= 4 is 23.0 Å². The van der Waals surface area contributed by atoms with Gasteiger partial charge in [-0.3, -0.25) is 14.9 Å². The van der Waals surface area contributed by atoms with Crippen molar-refractivity contribution in [3.63, 3.8) is 0 Å². The number of rotatable bonds is 4. The number of nitrogens with one attached hydrogen (secondary N) is 2. The average molecular weight is 348 g/mol.